The van der Waals surface area contributed by atoms with Crippen LogP contribution in [0.5, 0.6) is 5.75 Å². The highest BCUT2D eigenvalue weighted by molar-refractivity contribution is 5.70. The molecular formula is C21H24FN3O2. The van der Waals surface area contributed by atoms with Crippen molar-refractivity contribution in [2.24, 2.45) is 0 Å². The number of hydrogen-bond acceptors (Lipinski definition) is 5. The Morgan fingerprint density at radius 3 is 2.81 bits per heavy atom. The van der Waals surface area contributed by atoms with Crippen LogP contribution in [0, 0.1) is 17.1 Å². The molecule has 1 aliphatic heterocycles. The van der Waals surface area contributed by atoms with E-state index in [9.17, 15) is 4.39 Å². The summed E-state index contributed by atoms with van der Waals surface area (Å²) in [6.07, 6.45) is 3.04. The molecule has 1 saturated heterocycles. The van der Waals surface area contributed by atoms with E-state index >= 15 is 0 Å². The van der Waals surface area contributed by atoms with E-state index in [0.717, 1.165) is 37.2 Å². The first-order valence-electron chi connectivity index (χ1n) is 9.25. The van der Waals surface area contributed by atoms with Crippen molar-refractivity contribution < 1.29 is 13.9 Å². The standard InChI is InChI=1S/C21H24FN3O2/c1-3-19-14-25(13-15(2)27-19)8-9-26-21-12-24-18(11-23)10-20(21)16-4-6-17(22)7-5-16/h4-7,10,12,15,19H,3,8-9,13-14H2,1-2H3. The van der Waals surface area contributed by atoms with Gasteiger partial charge in [-0.3, -0.25) is 4.90 Å². The Morgan fingerprint density at radius 1 is 1.33 bits per heavy atom. The summed E-state index contributed by atoms with van der Waals surface area (Å²) >= 11 is 0. The maximum absolute atomic E-state index is 13.2. The van der Waals surface area contributed by atoms with Gasteiger partial charge in [0.2, 0.25) is 0 Å². The number of nitriles is 1. The molecule has 0 bridgehead atoms. The van der Waals surface area contributed by atoms with E-state index in [1.165, 1.54) is 12.1 Å². The number of nitrogens with zero attached hydrogens (tertiary/aromatic N) is 3. The molecule has 142 valence electrons. The lowest BCUT2D eigenvalue weighted by Gasteiger charge is -2.36. The Kier molecular flexibility index (Phi) is 6.38. The zero-order chi connectivity index (χ0) is 19.2. The van der Waals surface area contributed by atoms with Gasteiger partial charge in [-0.1, -0.05) is 19.1 Å². The summed E-state index contributed by atoms with van der Waals surface area (Å²) in [5, 5.41) is 9.13. The van der Waals surface area contributed by atoms with Crippen molar-refractivity contribution in [1.82, 2.24) is 9.88 Å². The predicted molar refractivity (Wildman–Crippen MR) is 101 cm³/mol. The molecule has 1 fully saturated rings. The second-order valence-electron chi connectivity index (χ2n) is 6.77. The van der Waals surface area contributed by atoms with Crippen LogP contribution in [0.3, 0.4) is 0 Å². The van der Waals surface area contributed by atoms with Crippen LogP contribution in [0.1, 0.15) is 26.0 Å². The third-order valence-corrected chi connectivity index (χ3v) is 4.66. The summed E-state index contributed by atoms with van der Waals surface area (Å²) in [6, 6.07) is 9.85. The number of ether oxygens (including phenoxy) is 2. The van der Waals surface area contributed by atoms with Gasteiger partial charge in [0.15, 0.2) is 0 Å². The predicted octanol–water partition coefficient (Wildman–Crippen LogP) is 3.64. The summed E-state index contributed by atoms with van der Waals surface area (Å²) in [7, 11) is 0. The first-order chi connectivity index (χ1) is 13.1. The summed E-state index contributed by atoms with van der Waals surface area (Å²) in [4.78, 5) is 6.45. The molecule has 1 aliphatic rings. The van der Waals surface area contributed by atoms with Gasteiger partial charge < -0.3 is 9.47 Å². The minimum absolute atomic E-state index is 0.218. The van der Waals surface area contributed by atoms with Gasteiger partial charge >= 0.3 is 0 Å². The number of morpholine rings is 1. The molecular weight excluding hydrogens is 345 g/mol. The van der Waals surface area contributed by atoms with E-state index in [-0.39, 0.29) is 18.0 Å². The largest absolute Gasteiger partial charge is 0.490 e. The van der Waals surface area contributed by atoms with Crippen LogP contribution in [-0.4, -0.2) is 48.3 Å². The van der Waals surface area contributed by atoms with Crippen LogP contribution < -0.4 is 4.74 Å². The van der Waals surface area contributed by atoms with Crippen LogP contribution >= 0.6 is 0 Å². The van der Waals surface area contributed by atoms with E-state index in [4.69, 9.17) is 14.7 Å². The highest BCUT2D eigenvalue weighted by atomic mass is 19.1. The van der Waals surface area contributed by atoms with Crippen LogP contribution in [-0.2, 0) is 4.74 Å². The number of aromatic nitrogens is 1. The fourth-order valence-corrected chi connectivity index (χ4v) is 3.31. The molecule has 2 heterocycles. The smallest absolute Gasteiger partial charge is 0.145 e. The third kappa shape index (κ3) is 5.03. The van der Waals surface area contributed by atoms with Crippen LogP contribution in [0.25, 0.3) is 11.1 Å². The van der Waals surface area contributed by atoms with Gasteiger partial charge in [-0.05, 0) is 37.1 Å². The first-order valence-corrected chi connectivity index (χ1v) is 9.25. The quantitative estimate of drug-likeness (QED) is 0.778. The molecule has 0 spiro atoms. The lowest BCUT2D eigenvalue weighted by molar-refractivity contribution is -0.0794. The van der Waals surface area contributed by atoms with Gasteiger partial charge in [0.25, 0.3) is 0 Å². The zero-order valence-corrected chi connectivity index (χ0v) is 15.7. The minimum atomic E-state index is -0.303. The Labute approximate surface area is 159 Å². The lowest BCUT2D eigenvalue weighted by Crippen LogP contribution is -2.47. The topological polar surface area (TPSA) is 58.4 Å². The van der Waals surface area contributed by atoms with Crippen molar-refractivity contribution in [2.45, 2.75) is 32.5 Å². The van der Waals surface area contributed by atoms with Crippen LogP contribution in [0.2, 0.25) is 0 Å². The lowest BCUT2D eigenvalue weighted by atomic mass is 10.1. The molecule has 6 heteroatoms. The van der Waals surface area contributed by atoms with Crippen LogP contribution in [0.15, 0.2) is 36.5 Å². The average Bonchev–Trinajstić information content (AvgIpc) is 2.68. The van der Waals surface area contributed by atoms with E-state index in [0.29, 0.717) is 18.1 Å². The van der Waals surface area contributed by atoms with Gasteiger partial charge in [-0.2, -0.15) is 5.26 Å². The monoisotopic (exact) mass is 369 g/mol. The molecule has 0 aliphatic carbocycles. The second kappa shape index (κ2) is 8.94. The average molecular weight is 369 g/mol. The highest BCUT2D eigenvalue weighted by Crippen LogP contribution is 2.30. The van der Waals surface area contributed by atoms with Crippen molar-refractivity contribution in [3.05, 3.63) is 48.0 Å². The van der Waals surface area contributed by atoms with Crippen molar-refractivity contribution in [3.63, 3.8) is 0 Å². The van der Waals surface area contributed by atoms with Crippen molar-refractivity contribution in [3.8, 4) is 22.9 Å². The molecule has 2 unspecified atom stereocenters. The Bertz CT molecular complexity index is 804. The molecule has 1 aromatic heterocycles. The van der Waals surface area contributed by atoms with Gasteiger partial charge in [-0.15, -0.1) is 0 Å². The Balaban J connectivity index is 1.69. The van der Waals surface area contributed by atoms with E-state index < -0.39 is 0 Å². The summed E-state index contributed by atoms with van der Waals surface area (Å²) in [5.41, 5.74) is 1.83. The van der Waals surface area contributed by atoms with Crippen molar-refractivity contribution in [2.75, 3.05) is 26.2 Å². The third-order valence-electron chi connectivity index (χ3n) is 4.66. The summed E-state index contributed by atoms with van der Waals surface area (Å²) in [6.45, 7) is 7.30. The van der Waals surface area contributed by atoms with Crippen molar-refractivity contribution in [1.29, 1.82) is 5.26 Å². The molecule has 0 saturated carbocycles. The number of pyridine rings is 1. The van der Waals surface area contributed by atoms with Gasteiger partial charge in [0.05, 0.1) is 18.4 Å². The molecule has 0 radical (unpaired) electrons. The molecule has 5 nitrogen and oxygen atoms in total. The fraction of sp³-hybridized carbons (Fsp3) is 0.429. The number of halogens is 1. The molecule has 27 heavy (non-hydrogen) atoms. The molecule has 0 N–H and O–H groups in total. The Hall–Kier alpha value is -2.49. The SMILES string of the molecule is CCC1CN(CCOc2cnc(C#N)cc2-c2ccc(F)cc2)CC(C)O1. The van der Waals surface area contributed by atoms with Crippen molar-refractivity contribution >= 4 is 0 Å². The fourth-order valence-electron chi connectivity index (χ4n) is 3.31. The first kappa shape index (κ1) is 19.3. The van der Waals surface area contributed by atoms with Gasteiger partial charge in [-0.25, -0.2) is 9.37 Å². The summed E-state index contributed by atoms with van der Waals surface area (Å²) < 4.78 is 25.1. The van der Waals surface area contributed by atoms with E-state index in [1.807, 2.05) is 6.07 Å². The number of rotatable bonds is 6. The zero-order valence-electron chi connectivity index (χ0n) is 15.7. The minimum Gasteiger partial charge on any atom is -0.490 e. The molecule has 2 atom stereocenters. The highest BCUT2D eigenvalue weighted by Gasteiger charge is 2.23. The Morgan fingerprint density at radius 2 is 2.11 bits per heavy atom. The molecule has 0 amide bonds. The number of benzene rings is 1. The normalized spacial score (nSPS) is 20.2. The van der Waals surface area contributed by atoms with Gasteiger partial charge in [0, 0.05) is 25.2 Å². The van der Waals surface area contributed by atoms with Gasteiger partial charge in [0.1, 0.15) is 29.9 Å². The maximum Gasteiger partial charge on any atom is 0.145 e. The maximum atomic E-state index is 13.2. The summed E-state index contributed by atoms with van der Waals surface area (Å²) in [5.74, 6) is 0.289. The molecule has 1 aromatic carbocycles. The molecule has 2 aromatic rings. The molecule has 3 rings (SSSR count). The van der Waals surface area contributed by atoms with E-state index in [2.05, 4.69) is 23.7 Å². The van der Waals surface area contributed by atoms with Crippen LogP contribution in [0.4, 0.5) is 4.39 Å². The number of hydrogen-bond donors (Lipinski definition) is 0. The van der Waals surface area contributed by atoms with E-state index in [1.54, 1.807) is 24.4 Å². The second-order valence-corrected chi connectivity index (χ2v) is 6.77.